The van der Waals surface area contributed by atoms with Crippen LogP contribution in [0.15, 0.2) is 24.3 Å². The van der Waals surface area contributed by atoms with E-state index in [0.29, 0.717) is 12.1 Å². The first-order valence-electron chi connectivity index (χ1n) is 8.99. The molecular formula is C19H27NO2. The summed E-state index contributed by atoms with van der Waals surface area (Å²) in [6.45, 7) is 0. The summed E-state index contributed by atoms with van der Waals surface area (Å²) in [5, 5.41) is 0. The fraction of sp³-hybridized carbons (Fsp3) is 0.684. The Labute approximate surface area is 133 Å². The molecule has 0 saturated heterocycles. The number of Topliss-reactive ketones (excluding diaryl/α,β-unsaturated/α-hetero) is 1. The zero-order valence-electron chi connectivity index (χ0n) is 13.4. The molecule has 0 spiro atoms. The standard InChI is InChI=1S/C19H27NO2/c21-18(15-9-7-8-10-15)19(22)20(16-11-3-1-4-12-16)17-13-5-2-6-14-17/h7-10,15-17H,1-6,11-14H2. The number of rotatable bonds is 4. The molecule has 1 amide bonds. The summed E-state index contributed by atoms with van der Waals surface area (Å²) in [6, 6.07) is 0.588. The summed E-state index contributed by atoms with van der Waals surface area (Å²) in [5.74, 6) is -0.789. The fourth-order valence-corrected chi connectivity index (χ4v) is 4.22. The van der Waals surface area contributed by atoms with E-state index in [4.69, 9.17) is 0 Å². The quantitative estimate of drug-likeness (QED) is 0.741. The zero-order valence-corrected chi connectivity index (χ0v) is 13.4. The third-order valence-electron chi connectivity index (χ3n) is 5.43. The minimum absolute atomic E-state index is 0.222. The van der Waals surface area contributed by atoms with Crippen LogP contribution in [0.5, 0.6) is 0 Å². The molecule has 0 aliphatic heterocycles. The average Bonchev–Trinajstić information content (AvgIpc) is 3.11. The van der Waals surface area contributed by atoms with Crippen LogP contribution in [-0.2, 0) is 9.59 Å². The molecule has 2 fully saturated rings. The van der Waals surface area contributed by atoms with Gasteiger partial charge in [-0.05, 0) is 25.7 Å². The minimum atomic E-state index is -0.331. The highest BCUT2D eigenvalue weighted by Gasteiger charge is 2.37. The number of carbonyl (C=O) groups excluding carboxylic acids is 2. The lowest BCUT2D eigenvalue weighted by Gasteiger charge is -2.41. The topological polar surface area (TPSA) is 37.4 Å². The van der Waals surface area contributed by atoms with Crippen LogP contribution in [0.25, 0.3) is 0 Å². The van der Waals surface area contributed by atoms with Gasteiger partial charge in [0.2, 0.25) is 5.78 Å². The molecule has 2 saturated carbocycles. The molecule has 0 aromatic heterocycles. The first kappa shape index (κ1) is 15.5. The third-order valence-corrected chi connectivity index (χ3v) is 5.43. The molecule has 0 aromatic rings. The predicted molar refractivity (Wildman–Crippen MR) is 87.4 cm³/mol. The minimum Gasteiger partial charge on any atom is -0.330 e. The second-order valence-corrected chi connectivity index (χ2v) is 6.96. The van der Waals surface area contributed by atoms with Crippen molar-refractivity contribution in [2.24, 2.45) is 5.92 Å². The molecule has 0 aromatic carbocycles. The molecule has 120 valence electrons. The number of carbonyl (C=O) groups is 2. The molecule has 3 nitrogen and oxygen atoms in total. The van der Waals surface area contributed by atoms with Gasteiger partial charge in [-0.2, -0.15) is 0 Å². The highest BCUT2D eigenvalue weighted by Crippen LogP contribution is 2.31. The van der Waals surface area contributed by atoms with Gasteiger partial charge in [0.1, 0.15) is 0 Å². The van der Waals surface area contributed by atoms with Crippen LogP contribution >= 0.6 is 0 Å². The van der Waals surface area contributed by atoms with Crippen molar-refractivity contribution >= 4 is 11.7 Å². The molecule has 22 heavy (non-hydrogen) atoms. The number of ketones is 1. The lowest BCUT2D eigenvalue weighted by Crippen LogP contribution is -2.52. The molecule has 0 radical (unpaired) electrons. The fourth-order valence-electron chi connectivity index (χ4n) is 4.22. The Hall–Kier alpha value is -1.38. The largest absolute Gasteiger partial charge is 0.330 e. The van der Waals surface area contributed by atoms with Crippen LogP contribution in [0.1, 0.15) is 64.2 Å². The zero-order chi connectivity index (χ0) is 15.4. The first-order chi connectivity index (χ1) is 10.8. The van der Waals surface area contributed by atoms with Crippen LogP contribution in [0.3, 0.4) is 0 Å². The Kier molecular flexibility index (Phi) is 5.12. The molecule has 3 aliphatic rings. The van der Waals surface area contributed by atoms with Crippen molar-refractivity contribution < 1.29 is 9.59 Å². The Morgan fingerprint density at radius 2 is 1.18 bits per heavy atom. The Balaban J connectivity index is 1.76. The van der Waals surface area contributed by atoms with E-state index in [1.54, 1.807) is 0 Å². The van der Waals surface area contributed by atoms with Crippen molar-refractivity contribution in [2.75, 3.05) is 0 Å². The van der Waals surface area contributed by atoms with E-state index >= 15 is 0 Å². The van der Waals surface area contributed by atoms with Crippen molar-refractivity contribution in [2.45, 2.75) is 76.3 Å². The second kappa shape index (κ2) is 7.26. The Bertz CT molecular complexity index is 438. The SMILES string of the molecule is O=C(C(=O)N(C1CCCCC1)C1CCCCC1)C1C=CC=C1. The Morgan fingerprint density at radius 3 is 1.64 bits per heavy atom. The van der Waals surface area contributed by atoms with E-state index in [2.05, 4.69) is 0 Å². The van der Waals surface area contributed by atoms with Crippen LogP contribution in [-0.4, -0.2) is 28.7 Å². The monoisotopic (exact) mass is 301 g/mol. The smallest absolute Gasteiger partial charge is 0.291 e. The summed E-state index contributed by atoms with van der Waals surface area (Å²) in [6.07, 6.45) is 19.0. The van der Waals surface area contributed by atoms with E-state index < -0.39 is 0 Å². The van der Waals surface area contributed by atoms with Crippen LogP contribution in [0, 0.1) is 5.92 Å². The molecule has 0 atom stereocenters. The maximum absolute atomic E-state index is 12.9. The van der Waals surface area contributed by atoms with Crippen LogP contribution in [0.4, 0.5) is 0 Å². The van der Waals surface area contributed by atoms with Gasteiger partial charge in [-0.25, -0.2) is 0 Å². The van der Waals surface area contributed by atoms with E-state index in [9.17, 15) is 9.59 Å². The summed E-state index contributed by atoms with van der Waals surface area (Å²) < 4.78 is 0. The van der Waals surface area contributed by atoms with Gasteiger partial charge >= 0.3 is 0 Å². The van der Waals surface area contributed by atoms with Gasteiger partial charge in [-0.15, -0.1) is 0 Å². The average molecular weight is 301 g/mol. The van der Waals surface area contributed by atoms with Gasteiger partial charge in [0.15, 0.2) is 0 Å². The maximum Gasteiger partial charge on any atom is 0.291 e. The maximum atomic E-state index is 12.9. The van der Waals surface area contributed by atoms with Gasteiger partial charge < -0.3 is 4.90 Å². The number of hydrogen-bond acceptors (Lipinski definition) is 2. The van der Waals surface area contributed by atoms with Crippen LogP contribution in [0.2, 0.25) is 0 Å². The van der Waals surface area contributed by atoms with E-state index in [-0.39, 0.29) is 17.6 Å². The van der Waals surface area contributed by atoms with Gasteiger partial charge in [0.05, 0.1) is 5.92 Å². The summed E-state index contributed by atoms with van der Waals surface area (Å²) in [4.78, 5) is 27.5. The summed E-state index contributed by atoms with van der Waals surface area (Å²) in [7, 11) is 0. The molecule has 0 bridgehead atoms. The Morgan fingerprint density at radius 1 is 0.727 bits per heavy atom. The van der Waals surface area contributed by atoms with Gasteiger partial charge in [0.25, 0.3) is 5.91 Å². The second-order valence-electron chi connectivity index (χ2n) is 6.96. The highest BCUT2D eigenvalue weighted by molar-refractivity contribution is 6.38. The first-order valence-corrected chi connectivity index (χ1v) is 8.99. The predicted octanol–water partition coefficient (Wildman–Crippen LogP) is 3.79. The molecule has 0 unspecified atom stereocenters. The van der Waals surface area contributed by atoms with Crippen molar-refractivity contribution in [3.8, 4) is 0 Å². The normalized spacial score (nSPS) is 23.8. The van der Waals surface area contributed by atoms with E-state index in [1.807, 2.05) is 29.2 Å². The number of amides is 1. The van der Waals surface area contributed by atoms with Crippen molar-refractivity contribution in [3.05, 3.63) is 24.3 Å². The highest BCUT2D eigenvalue weighted by atomic mass is 16.2. The molecule has 0 heterocycles. The van der Waals surface area contributed by atoms with Gasteiger partial charge in [-0.1, -0.05) is 62.8 Å². The third kappa shape index (κ3) is 3.34. The van der Waals surface area contributed by atoms with Crippen molar-refractivity contribution in [1.29, 1.82) is 0 Å². The van der Waals surface area contributed by atoms with Gasteiger partial charge in [-0.3, -0.25) is 9.59 Å². The van der Waals surface area contributed by atoms with Crippen LogP contribution < -0.4 is 0 Å². The molecule has 3 aliphatic carbocycles. The number of hydrogen-bond donors (Lipinski definition) is 0. The lowest BCUT2D eigenvalue weighted by molar-refractivity contribution is -0.150. The van der Waals surface area contributed by atoms with E-state index in [1.165, 1.54) is 38.5 Å². The van der Waals surface area contributed by atoms with Crippen molar-refractivity contribution in [1.82, 2.24) is 4.90 Å². The molecule has 0 N–H and O–H groups in total. The molecular weight excluding hydrogens is 274 g/mol. The lowest BCUT2D eigenvalue weighted by atomic mass is 9.87. The number of nitrogens with zero attached hydrogens (tertiary/aromatic N) is 1. The number of allylic oxidation sites excluding steroid dienone is 4. The molecule has 3 rings (SSSR count). The van der Waals surface area contributed by atoms with E-state index in [0.717, 1.165) is 25.7 Å². The summed E-state index contributed by atoms with van der Waals surface area (Å²) >= 11 is 0. The molecule has 3 heteroatoms. The van der Waals surface area contributed by atoms with Crippen molar-refractivity contribution in [3.63, 3.8) is 0 Å². The summed E-state index contributed by atoms with van der Waals surface area (Å²) in [5.41, 5.74) is 0. The van der Waals surface area contributed by atoms with Gasteiger partial charge in [0, 0.05) is 12.1 Å².